The van der Waals surface area contributed by atoms with Crippen molar-refractivity contribution < 1.29 is 29.6 Å². The highest BCUT2D eigenvalue weighted by Gasteiger charge is 2.34. The molecule has 0 aliphatic carbocycles. The zero-order valence-electron chi connectivity index (χ0n) is 8.39. The molecular weight excluding hydrogens is 252 g/mol. The fourth-order valence-corrected chi connectivity index (χ4v) is 1.32. The van der Waals surface area contributed by atoms with Gasteiger partial charge in [0.1, 0.15) is 0 Å². The third-order valence-corrected chi connectivity index (χ3v) is 1.98. The Morgan fingerprint density at radius 2 is 1.17 bits per heavy atom. The van der Waals surface area contributed by atoms with Gasteiger partial charge in [-0.15, -0.1) is 0 Å². The van der Waals surface area contributed by atoms with Crippen molar-refractivity contribution in [2.45, 2.75) is 0 Å². The summed E-state index contributed by atoms with van der Waals surface area (Å²) in [5, 5.41) is 38.6. The summed E-state index contributed by atoms with van der Waals surface area (Å²) in [4.78, 5) is 40.5. The molecule has 0 amide bonds. The molecule has 0 bridgehead atoms. The van der Waals surface area contributed by atoms with Crippen molar-refractivity contribution in [3.05, 3.63) is 43.5 Å². The molecule has 1 aromatic rings. The van der Waals surface area contributed by atoms with Crippen LogP contribution < -0.4 is 0 Å². The molecule has 1 aromatic carbocycles. The van der Waals surface area contributed by atoms with Crippen molar-refractivity contribution >= 4 is 23.3 Å². The lowest BCUT2D eigenvalue weighted by atomic mass is 10.0. The van der Waals surface area contributed by atoms with E-state index in [2.05, 4.69) is 0 Å². The van der Waals surface area contributed by atoms with Crippen LogP contribution in [-0.2, 0) is 0 Å². The van der Waals surface area contributed by atoms with Crippen molar-refractivity contribution in [2.75, 3.05) is 0 Å². The minimum absolute atomic E-state index is 0.577. The summed E-state index contributed by atoms with van der Waals surface area (Å²) in [6.45, 7) is 0. The molecule has 0 atom stereocenters. The van der Waals surface area contributed by atoms with Crippen LogP contribution in [0.3, 0.4) is 0 Å². The zero-order chi connectivity index (χ0) is 14.0. The van der Waals surface area contributed by atoms with Gasteiger partial charge in [0.25, 0.3) is 11.4 Å². The van der Waals surface area contributed by atoms with Crippen molar-refractivity contribution in [1.82, 2.24) is 0 Å². The molecule has 0 saturated carbocycles. The van der Waals surface area contributed by atoms with Crippen molar-refractivity contribution in [1.29, 1.82) is 0 Å². The highest BCUT2D eigenvalue weighted by atomic mass is 16.6. The predicted octanol–water partition coefficient (Wildman–Crippen LogP) is 0.899. The second-order valence-electron chi connectivity index (χ2n) is 2.98. The third kappa shape index (κ3) is 2.07. The monoisotopic (exact) mass is 256 g/mol. The van der Waals surface area contributed by atoms with E-state index in [0.717, 1.165) is 0 Å². The van der Waals surface area contributed by atoms with Gasteiger partial charge >= 0.3 is 11.9 Å². The quantitative estimate of drug-likeness (QED) is 0.592. The van der Waals surface area contributed by atoms with Crippen LogP contribution in [0.15, 0.2) is 12.1 Å². The molecule has 0 unspecified atom stereocenters. The van der Waals surface area contributed by atoms with Crippen LogP contribution in [0.4, 0.5) is 11.4 Å². The van der Waals surface area contributed by atoms with E-state index in [9.17, 15) is 29.8 Å². The Labute approximate surface area is 97.4 Å². The number of nitro groups is 2. The van der Waals surface area contributed by atoms with E-state index in [-0.39, 0.29) is 0 Å². The summed E-state index contributed by atoms with van der Waals surface area (Å²) in [5.41, 5.74) is -4.49. The molecule has 2 N–H and O–H groups in total. The Morgan fingerprint density at radius 1 is 0.889 bits per heavy atom. The summed E-state index contributed by atoms with van der Waals surface area (Å²) >= 11 is 0. The number of hydrogen-bond donors (Lipinski definition) is 2. The van der Waals surface area contributed by atoms with Gasteiger partial charge in [-0.3, -0.25) is 20.2 Å². The second kappa shape index (κ2) is 4.45. The normalized spacial score (nSPS) is 9.78. The Bertz CT molecular complexity index is 528. The summed E-state index contributed by atoms with van der Waals surface area (Å²) in [7, 11) is 0. The van der Waals surface area contributed by atoms with Gasteiger partial charge in [-0.2, -0.15) is 0 Å². The van der Waals surface area contributed by atoms with E-state index < -0.39 is 44.3 Å². The number of carboxylic acids is 2. The molecular formula is C8H4N2O8. The van der Waals surface area contributed by atoms with Gasteiger partial charge in [0.2, 0.25) is 0 Å². The van der Waals surface area contributed by atoms with E-state index in [0.29, 0.717) is 12.1 Å². The van der Waals surface area contributed by atoms with Crippen LogP contribution in [0.5, 0.6) is 0 Å². The standard InChI is InChI=1S/C8H4N2O8/c11-7(12)5-3(9(15)16)1-2-4(10(17)18)6(5)8(13)14/h1-2H,(H,11,12)(H,13,14). The first-order valence-corrected chi connectivity index (χ1v) is 4.19. The number of aromatic carboxylic acids is 2. The second-order valence-corrected chi connectivity index (χ2v) is 2.98. The van der Waals surface area contributed by atoms with Crippen LogP contribution in [0, 0.1) is 20.2 Å². The summed E-state index contributed by atoms with van der Waals surface area (Å²) in [6.07, 6.45) is 0. The van der Waals surface area contributed by atoms with Gasteiger partial charge in [0.05, 0.1) is 9.85 Å². The van der Waals surface area contributed by atoms with E-state index in [1.54, 1.807) is 0 Å². The lowest BCUT2D eigenvalue weighted by molar-refractivity contribution is -0.389. The number of carboxylic acid groups (broad SMARTS) is 2. The maximum atomic E-state index is 10.8. The topological polar surface area (TPSA) is 161 Å². The molecule has 18 heavy (non-hydrogen) atoms. The fraction of sp³-hybridized carbons (Fsp3) is 0. The maximum absolute atomic E-state index is 10.8. The molecule has 10 heteroatoms. The number of nitrogens with zero attached hydrogens (tertiary/aromatic N) is 2. The molecule has 0 saturated heterocycles. The SMILES string of the molecule is O=C(O)c1c([N+](=O)[O-])ccc([N+](=O)[O-])c1C(=O)O. The smallest absolute Gasteiger partial charge is 0.343 e. The first kappa shape index (κ1) is 13.0. The third-order valence-electron chi connectivity index (χ3n) is 1.98. The first-order chi connectivity index (χ1) is 8.27. The molecule has 94 valence electrons. The highest BCUT2D eigenvalue weighted by molar-refractivity contribution is 6.07. The van der Waals surface area contributed by atoms with Crippen LogP contribution in [0.2, 0.25) is 0 Å². The van der Waals surface area contributed by atoms with Crippen LogP contribution >= 0.6 is 0 Å². The molecule has 0 fully saturated rings. The number of hydrogen-bond acceptors (Lipinski definition) is 6. The molecule has 0 aliphatic rings. The molecule has 0 radical (unpaired) electrons. The van der Waals surface area contributed by atoms with Crippen molar-refractivity contribution in [3.8, 4) is 0 Å². The average Bonchev–Trinajstić information content (AvgIpc) is 2.26. The number of nitro benzene ring substituents is 2. The van der Waals surface area contributed by atoms with E-state index in [1.165, 1.54) is 0 Å². The summed E-state index contributed by atoms with van der Waals surface area (Å²) in [6, 6.07) is 1.15. The van der Waals surface area contributed by atoms with Crippen LogP contribution in [-0.4, -0.2) is 32.0 Å². The Balaban J connectivity index is 3.82. The Kier molecular flexibility index (Phi) is 3.22. The molecule has 0 heterocycles. The van der Waals surface area contributed by atoms with E-state index in [1.807, 2.05) is 0 Å². The van der Waals surface area contributed by atoms with Gasteiger partial charge in [0.15, 0.2) is 11.1 Å². The predicted molar refractivity (Wildman–Crippen MR) is 53.7 cm³/mol. The van der Waals surface area contributed by atoms with Gasteiger partial charge in [-0.05, 0) is 0 Å². The zero-order valence-corrected chi connectivity index (χ0v) is 8.39. The van der Waals surface area contributed by atoms with Gasteiger partial charge in [-0.25, -0.2) is 9.59 Å². The molecule has 1 rings (SSSR count). The number of carbonyl (C=O) groups is 2. The first-order valence-electron chi connectivity index (χ1n) is 4.19. The lowest BCUT2D eigenvalue weighted by Crippen LogP contribution is -2.13. The molecule has 0 spiro atoms. The molecule has 0 aromatic heterocycles. The van der Waals surface area contributed by atoms with Gasteiger partial charge in [-0.1, -0.05) is 0 Å². The van der Waals surface area contributed by atoms with Gasteiger partial charge < -0.3 is 10.2 Å². The largest absolute Gasteiger partial charge is 0.477 e. The molecule has 10 nitrogen and oxygen atoms in total. The average molecular weight is 256 g/mol. The minimum Gasteiger partial charge on any atom is -0.477 e. The van der Waals surface area contributed by atoms with Crippen LogP contribution in [0.25, 0.3) is 0 Å². The lowest BCUT2D eigenvalue weighted by Gasteiger charge is -2.03. The maximum Gasteiger partial charge on any atom is 0.343 e. The van der Waals surface area contributed by atoms with E-state index >= 15 is 0 Å². The summed E-state index contributed by atoms with van der Waals surface area (Å²) < 4.78 is 0. The fourth-order valence-electron chi connectivity index (χ4n) is 1.32. The molecule has 0 aliphatic heterocycles. The van der Waals surface area contributed by atoms with E-state index in [4.69, 9.17) is 10.2 Å². The van der Waals surface area contributed by atoms with Crippen molar-refractivity contribution in [2.24, 2.45) is 0 Å². The number of rotatable bonds is 4. The number of benzene rings is 1. The van der Waals surface area contributed by atoms with Gasteiger partial charge in [0, 0.05) is 12.1 Å². The highest BCUT2D eigenvalue weighted by Crippen LogP contribution is 2.30. The Hall–Kier alpha value is -3.04. The minimum atomic E-state index is -1.93. The van der Waals surface area contributed by atoms with Crippen molar-refractivity contribution in [3.63, 3.8) is 0 Å². The van der Waals surface area contributed by atoms with Crippen LogP contribution in [0.1, 0.15) is 20.7 Å². The Morgan fingerprint density at radius 3 is 1.33 bits per heavy atom. The summed E-state index contributed by atoms with van der Waals surface area (Å²) in [5.74, 6) is -3.86.